The number of ether oxygens (including phenoxy) is 1. The molecule has 1 aromatic rings. The average molecular weight is 369 g/mol. The van der Waals surface area contributed by atoms with Gasteiger partial charge in [0.25, 0.3) is 0 Å². The molecule has 8 heteroatoms. The zero-order chi connectivity index (χ0) is 18.5. The summed E-state index contributed by atoms with van der Waals surface area (Å²) in [5.41, 5.74) is 0.682. The van der Waals surface area contributed by atoms with E-state index in [1.165, 1.54) is 0 Å². The summed E-state index contributed by atoms with van der Waals surface area (Å²) in [4.78, 5) is 4.47. The van der Waals surface area contributed by atoms with E-state index >= 15 is 0 Å². The Hall–Kier alpha value is -1.64. The van der Waals surface area contributed by atoms with Crippen LogP contribution in [0.3, 0.4) is 0 Å². The summed E-state index contributed by atoms with van der Waals surface area (Å²) in [7, 11) is -0.0231. The number of hydrogen-bond donors (Lipinski definition) is 3. The average Bonchev–Trinajstić information content (AvgIpc) is 3.38. The van der Waals surface area contributed by atoms with Crippen molar-refractivity contribution >= 4 is 16.0 Å². The Bertz CT molecular complexity index is 695. The Labute approximate surface area is 150 Å². The molecule has 140 valence electrons. The molecule has 0 spiro atoms. The van der Waals surface area contributed by atoms with E-state index in [0.717, 1.165) is 18.4 Å². The third-order valence-corrected chi connectivity index (χ3v) is 5.59. The van der Waals surface area contributed by atoms with Gasteiger partial charge in [-0.05, 0) is 44.4 Å². The summed E-state index contributed by atoms with van der Waals surface area (Å²) >= 11 is 0. The van der Waals surface area contributed by atoms with Crippen molar-refractivity contribution < 1.29 is 13.2 Å². The van der Waals surface area contributed by atoms with Gasteiger partial charge in [0.15, 0.2) is 5.96 Å². The van der Waals surface area contributed by atoms with Crippen LogP contribution < -0.4 is 15.4 Å². The van der Waals surface area contributed by atoms with Gasteiger partial charge in [-0.1, -0.05) is 12.1 Å². The van der Waals surface area contributed by atoms with Crippen LogP contribution in [0.2, 0.25) is 0 Å². The second-order valence-corrected chi connectivity index (χ2v) is 8.50. The van der Waals surface area contributed by atoms with Gasteiger partial charge < -0.3 is 15.4 Å². The van der Waals surface area contributed by atoms with Gasteiger partial charge in [-0.15, -0.1) is 0 Å². The van der Waals surface area contributed by atoms with Crippen molar-refractivity contribution in [2.45, 2.75) is 49.8 Å². The Morgan fingerprint density at radius 2 is 1.88 bits per heavy atom. The van der Waals surface area contributed by atoms with Gasteiger partial charge in [-0.25, -0.2) is 13.1 Å². The molecule has 7 nitrogen and oxygen atoms in total. The summed E-state index contributed by atoms with van der Waals surface area (Å²) in [6, 6.07) is 6.98. The van der Waals surface area contributed by atoms with Gasteiger partial charge in [0.05, 0.1) is 10.5 Å². The van der Waals surface area contributed by atoms with Crippen molar-refractivity contribution in [3.05, 3.63) is 29.8 Å². The number of nitrogens with zero attached hydrogens (tertiary/aromatic N) is 1. The summed E-state index contributed by atoms with van der Waals surface area (Å²) in [5.74, 6) is 0.664. The van der Waals surface area contributed by atoms with Crippen molar-refractivity contribution in [1.29, 1.82) is 0 Å². The van der Waals surface area contributed by atoms with Crippen LogP contribution in [0.5, 0.6) is 0 Å². The molecule has 0 atom stereocenters. The van der Waals surface area contributed by atoms with E-state index < -0.39 is 10.0 Å². The molecule has 0 aliphatic heterocycles. The predicted molar refractivity (Wildman–Crippen MR) is 99.1 cm³/mol. The lowest BCUT2D eigenvalue weighted by Crippen LogP contribution is -2.45. The fourth-order valence-corrected chi connectivity index (χ4v) is 3.36. The fraction of sp³-hybridized carbons (Fsp3) is 0.588. The maximum absolute atomic E-state index is 12.1. The lowest BCUT2D eigenvalue weighted by atomic mass is 10.1. The van der Waals surface area contributed by atoms with E-state index in [0.29, 0.717) is 23.9 Å². The SMILES string of the molecule is CN=C(NCc1ccc(S(=O)(=O)NC2CC2)cc1)NCC(C)(C)OC. The Morgan fingerprint density at radius 1 is 1.24 bits per heavy atom. The molecule has 0 heterocycles. The first-order valence-corrected chi connectivity index (χ1v) is 9.85. The van der Waals surface area contributed by atoms with Crippen molar-refractivity contribution in [2.75, 3.05) is 20.7 Å². The van der Waals surface area contributed by atoms with Crippen LogP contribution in [0.15, 0.2) is 34.2 Å². The summed E-state index contributed by atoms with van der Waals surface area (Å²) < 4.78 is 32.3. The molecule has 0 radical (unpaired) electrons. The lowest BCUT2D eigenvalue weighted by molar-refractivity contribution is 0.0268. The molecule has 25 heavy (non-hydrogen) atoms. The van der Waals surface area contributed by atoms with E-state index in [9.17, 15) is 8.42 Å². The quantitative estimate of drug-likeness (QED) is 0.474. The van der Waals surface area contributed by atoms with Gasteiger partial charge in [0.1, 0.15) is 0 Å². The van der Waals surface area contributed by atoms with Crippen molar-refractivity contribution in [2.24, 2.45) is 4.99 Å². The second-order valence-electron chi connectivity index (χ2n) is 6.78. The number of sulfonamides is 1. The van der Waals surface area contributed by atoms with Crippen LogP contribution >= 0.6 is 0 Å². The minimum Gasteiger partial charge on any atom is -0.377 e. The smallest absolute Gasteiger partial charge is 0.240 e. The molecule has 0 aromatic heterocycles. The molecule has 0 saturated heterocycles. The summed E-state index contributed by atoms with van der Waals surface area (Å²) in [6.07, 6.45) is 1.85. The lowest BCUT2D eigenvalue weighted by Gasteiger charge is -2.24. The normalized spacial score (nSPS) is 15.9. The topological polar surface area (TPSA) is 91.8 Å². The van der Waals surface area contributed by atoms with Crippen LogP contribution in [0.4, 0.5) is 0 Å². The highest BCUT2D eigenvalue weighted by Crippen LogP contribution is 2.22. The number of hydrogen-bond acceptors (Lipinski definition) is 4. The van der Waals surface area contributed by atoms with Gasteiger partial charge >= 0.3 is 0 Å². The molecular weight excluding hydrogens is 340 g/mol. The minimum absolute atomic E-state index is 0.108. The molecule has 3 N–H and O–H groups in total. The highest BCUT2D eigenvalue weighted by molar-refractivity contribution is 7.89. The maximum Gasteiger partial charge on any atom is 0.240 e. The Morgan fingerprint density at radius 3 is 2.40 bits per heavy atom. The molecular formula is C17H28N4O3S. The number of nitrogens with one attached hydrogen (secondary N) is 3. The van der Waals surface area contributed by atoms with Crippen LogP contribution in [-0.2, 0) is 21.3 Å². The minimum atomic E-state index is -3.40. The second kappa shape index (κ2) is 8.16. The third kappa shape index (κ3) is 6.30. The van der Waals surface area contributed by atoms with Gasteiger partial charge in [-0.3, -0.25) is 4.99 Å². The van der Waals surface area contributed by atoms with Crippen LogP contribution in [0, 0.1) is 0 Å². The molecule has 0 amide bonds. The van der Waals surface area contributed by atoms with Crippen molar-refractivity contribution in [3.63, 3.8) is 0 Å². The van der Waals surface area contributed by atoms with E-state index in [1.807, 2.05) is 13.8 Å². The van der Waals surface area contributed by atoms with Crippen molar-refractivity contribution in [1.82, 2.24) is 15.4 Å². The molecule has 1 saturated carbocycles. The predicted octanol–water partition coefficient (Wildman–Crippen LogP) is 1.22. The van der Waals surface area contributed by atoms with Gasteiger partial charge in [-0.2, -0.15) is 0 Å². The van der Waals surface area contributed by atoms with Gasteiger partial charge in [0.2, 0.25) is 10.0 Å². The number of aliphatic imine (C=N–C) groups is 1. The number of benzene rings is 1. The first kappa shape index (κ1) is 19.7. The van der Waals surface area contributed by atoms with Crippen LogP contribution in [0.25, 0.3) is 0 Å². The van der Waals surface area contributed by atoms with E-state index in [2.05, 4.69) is 20.3 Å². The largest absolute Gasteiger partial charge is 0.377 e. The Kier molecular flexibility index (Phi) is 6.42. The third-order valence-electron chi connectivity index (χ3n) is 4.05. The van der Waals surface area contributed by atoms with E-state index in [4.69, 9.17) is 4.74 Å². The maximum atomic E-state index is 12.1. The number of rotatable bonds is 8. The highest BCUT2D eigenvalue weighted by atomic mass is 32.2. The summed E-state index contributed by atoms with van der Waals surface area (Å²) in [5, 5.41) is 6.40. The molecule has 2 rings (SSSR count). The Balaban J connectivity index is 1.88. The van der Waals surface area contributed by atoms with E-state index in [-0.39, 0.29) is 11.6 Å². The van der Waals surface area contributed by atoms with Crippen LogP contribution in [0.1, 0.15) is 32.3 Å². The summed E-state index contributed by atoms with van der Waals surface area (Å²) in [6.45, 7) is 5.14. The zero-order valence-corrected chi connectivity index (χ0v) is 16.1. The standard InChI is InChI=1S/C17H28N4O3S/c1-17(2,24-4)12-20-16(18-3)19-11-13-5-9-15(10-6-13)25(22,23)21-14-7-8-14/h5-6,9-10,14,21H,7-8,11-12H2,1-4H3,(H2,18,19,20). The van der Waals surface area contributed by atoms with Crippen molar-refractivity contribution in [3.8, 4) is 0 Å². The molecule has 1 aliphatic rings. The molecule has 0 unspecified atom stereocenters. The molecule has 1 aromatic carbocycles. The number of guanidine groups is 1. The molecule has 0 bridgehead atoms. The first-order valence-electron chi connectivity index (χ1n) is 8.37. The van der Waals surface area contributed by atoms with E-state index in [1.54, 1.807) is 38.4 Å². The zero-order valence-electron chi connectivity index (χ0n) is 15.3. The number of methoxy groups -OCH3 is 1. The fourth-order valence-electron chi connectivity index (χ4n) is 2.05. The first-order chi connectivity index (χ1) is 11.8. The molecule has 1 aliphatic carbocycles. The van der Waals surface area contributed by atoms with Gasteiger partial charge in [0, 0.05) is 33.3 Å². The van der Waals surface area contributed by atoms with Crippen LogP contribution in [-0.4, -0.2) is 46.7 Å². The monoisotopic (exact) mass is 368 g/mol. The highest BCUT2D eigenvalue weighted by Gasteiger charge is 2.27. The molecule has 1 fully saturated rings.